The molecule has 0 bridgehead atoms. The van der Waals surface area contributed by atoms with Crippen LogP contribution in [0, 0.1) is 11.8 Å². The highest BCUT2D eigenvalue weighted by Crippen LogP contribution is 2.06. The Morgan fingerprint density at radius 2 is 1.59 bits per heavy atom. The van der Waals surface area contributed by atoms with E-state index >= 15 is 0 Å². The third kappa shape index (κ3) is 7.58. The second-order valence-corrected chi connectivity index (χ2v) is 3.40. The summed E-state index contributed by atoms with van der Waals surface area (Å²) in [5.74, 6) is 5.68. The predicted molar refractivity (Wildman–Crippen MR) is 77.8 cm³/mol. The summed E-state index contributed by atoms with van der Waals surface area (Å²) < 4.78 is 0. The van der Waals surface area contributed by atoms with E-state index in [1.807, 2.05) is 13.0 Å². The van der Waals surface area contributed by atoms with Crippen LogP contribution in [0.2, 0.25) is 0 Å². The molecule has 0 saturated heterocycles. The molecule has 1 nitrogen and oxygen atoms in total. The molecule has 0 unspecified atom stereocenters. The van der Waals surface area contributed by atoms with E-state index in [2.05, 4.69) is 49.7 Å². The topological polar surface area (TPSA) is 12.4 Å². The highest BCUT2D eigenvalue weighted by atomic mass is 14.6. The van der Waals surface area contributed by atoms with Gasteiger partial charge < -0.3 is 0 Å². The third-order valence-electron chi connectivity index (χ3n) is 1.75. The van der Waals surface area contributed by atoms with Gasteiger partial charge in [-0.25, -0.2) is 0 Å². The number of hydrogen-bond donors (Lipinski definition) is 0. The second-order valence-electron chi connectivity index (χ2n) is 3.40. The van der Waals surface area contributed by atoms with E-state index in [9.17, 15) is 0 Å². The Morgan fingerprint density at radius 3 is 2.12 bits per heavy atom. The van der Waals surface area contributed by atoms with Gasteiger partial charge in [-0.1, -0.05) is 56.4 Å². The van der Waals surface area contributed by atoms with Crippen molar-refractivity contribution in [1.82, 2.24) is 0 Å². The third-order valence-corrected chi connectivity index (χ3v) is 1.75. The largest absolute Gasteiger partial charge is 0.264 e. The maximum absolute atomic E-state index is 3.84. The van der Waals surface area contributed by atoms with Gasteiger partial charge in [-0.15, -0.1) is 0 Å². The van der Waals surface area contributed by atoms with Crippen molar-refractivity contribution in [2.75, 3.05) is 0 Å². The van der Waals surface area contributed by atoms with Crippen molar-refractivity contribution < 1.29 is 0 Å². The average Bonchev–Trinajstić information content (AvgIpc) is 2.30. The molecule has 0 radical (unpaired) electrons. The fraction of sp³-hybridized carbons (Fsp3) is 0.0625. The molecule has 0 spiro atoms. The molecule has 0 amide bonds. The fourth-order valence-corrected chi connectivity index (χ4v) is 0.721. The molecule has 0 aromatic carbocycles. The minimum atomic E-state index is 0.609. The predicted octanol–water partition coefficient (Wildman–Crippen LogP) is 4.01. The Morgan fingerprint density at radius 1 is 1.00 bits per heavy atom. The van der Waals surface area contributed by atoms with E-state index in [-0.39, 0.29) is 0 Å². The van der Waals surface area contributed by atoms with Crippen molar-refractivity contribution in [3.63, 3.8) is 0 Å². The number of rotatable bonds is 5. The van der Waals surface area contributed by atoms with Crippen molar-refractivity contribution in [3.8, 4) is 11.8 Å². The molecule has 17 heavy (non-hydrogen) atoms. The highest BCUT2D eigenvalue weighted by Gasteiger charge is 1.87. The summed E-state index contributed by atoms with van der Waals surface area (Å²) in [6.07, 6.45) is 6.60. The number of aliphatic imine (C=N–C) groups is 1. The standard InChI is InChI=1S/C16H17N/c1-7-17-12-15(5)9-8-14(4)10-11-16(6)13(2)3/h7,10-12H,1-2,4-6H2,3H3/b11-10-,17-12?. The van der Waals surface area contributed by atoms with E-state index in [4.69, 9.17) is 0 Å². The van der Waals surface area contributed by atoms with Gasteiger partial charge in [0, 0.05) is 23.6 Å². The van der Waals surface area contributed by atoms with E-state index in [0.29, 0.717) is 11.1 Å². The molecule has 0 fully saturated rings. The summed E-state index contributed by atoms with van der Waals surface area (Å²) in [5.41, 5.74) is 3.07. The minimum absolute atomic E-state index is 0.609. The van der Waals surface area contributed by atoms with Gasteiger partial charge in [-0.3, -0.25) is 4.99 Å². The summed E-state index contributed by atoms with van der Waals surface area (Å²) in [4.78, 5) is 3.81. The van der Waals surface area contributed by atoms with Gasteiger partial charge in [0.25, 0.3) is 0 Å². The van der Waals surface area contributed by atoms with Crippen molar-refractivity contribution in [2.45, 2.75) is 6.92 Å². The molecular weight excluding hydrogens is 206 g/mol. The smallest absolute Gasteiger partial charge is 0.0418 e. The van der Waals surface area contributed by atoms with Gasteiger partial charge >= 0.3 is 0 Å². The molecule has 0 aliphatic rings. The van der Waals surface area contributed by atoms with Crippen LogP contribution in [0.15, 0.2) is 78.5 Å². The van der Waals surface area contributed by atoms with Gasteiger partial charge in [-0.2, -0.15) is 0 Å². The molecule has 0 aliphatic carbocycles. The van der Waals surface area contributed by atoms with Gasteiger partial charge in [-0.05, 0) is 18.6 Å². The monoisotopic (exact) mass is 223 g/mol. The molecule has 0 aromatic heterocycles. The van der Waals surface area contributed by atoms with Crippen LogP contribution in [-0.4, -0.2) is 6.21 Å². The average molecular weight is 223 g/mol. The SMILES string of the molecule is C=CN=CC(=C)C#CC(=C)/C=C\C(=C)C(=C)C. The summed E-state index contributed by atoms with van der Waals surface area (Å²) in [6, 6.07) is 0. The van der Waals surface area contributed by atoms with Gasteiger partial charge in [0.05, 0.1) is 0 Å². The lowest BCUT2D eigenvalue weighted by Crippen LogP contribution is -1.78. The Kier molecular flexibility index (Phi) is 6.81. The van der Waals surface area contributed by atoms with Crippen LogP contribution in [0.1, 0.15) is 6.92 Å². The van der Waals surface area contributed by atoms with E-state index < -0.39 is 0 Å². The van der Waals surface area contributed by atoms with Crippen LogP contribution >= 0.6 is 0 Å². The first-order valence-corrected chi connectivity index (χ1v) is 5.04. The molecule has 0 aromatic rings. The Hall–Kier alpha value is -2.33. The van der Waals surface area contributed by atoms with Crippen LogP contribution in [0.4, 0.5) is 0 Å². The maximum Gasteiger partial charge on any atom is 0.0418 e. The van der Waals surface area contributed by atoms with Crippen LogP contribution < -0.4 is 0 Å². The van der Waals surface area contributed by atoms with E-state index in [1.54, 1.807) is 12.3 Å². The minimum Gasteiger partial charge on any atom is -0.264 e. The van der Waals surface area contributed by atoms with Crippen LogP contribution in [0.5, 0.6) is 0 Å². The first-order chi connectivity index (χ1) is 7.97. The summed E-state index contributed by atoms with van der Waals surface area (Å²) in [7, 11) is 0. The molecule has 86 valence electrons. The van der Waals surface area contributed by atoms with Gasteiger partial charge in [0.1, 0.15) is 0 Å². The molecule has 0 heterocycles. The van der Waals surface area contributed by atoms with Crippen LogP contribution in [0.3, 0.4) is 0 Å². The highest BCUT2D eigenvalue weighted by molar-refractivity contribution is 5.84. The summed E-state index contributed by atoms with van der Waals surface area (Å²) in [6.45, 7) is 20.5. The summed E-state index contributed by atoms with van der Waals surface area (Å²) >= 11 is 0. The lowest BCUT2D eigenvalue weighted by Gasteiger charge is -1.94. The molecule has 0 aliphatic heterocycles. The van der Waals surface area contributed by atoms with Crippen LogP contribution in [0.25, 0.3) is 0 Å². The van der Waals surface area contributed by atoms with E-state index in [1.165, 1.54) is 6.20 Å². The lowest BCUT2D eigenvalue weighted by atomic mass is 10.1. The first kappa shape index (κ1) is 14.7. The Balaban J connectivity index is 4.47. The molecule has 0 N–H and O–H groups in total. The second kappa shape index (κ2) is 7.90. The summed E-state index contributed by atoms with van der Waals surface area (Å²) in [5, 5.41) is 0. The number of nitrogens with zero attached hydrogens (tertiary/aromatic N) is 1. The zero-order chi connectivity index (χ0) is 13.3. The van der Waals surface area contributed by atoms with Crippen molar-refractivity contribution in [2.24, 2.45) is 4.99 Å². The Bertz CT molecular complexity index is 473. The maximum atomic E-state index is 3.84. The molecule has 1 heteroatoms. The lowest BCUT2D eigenvalue weighted by molar-refractivity contribution is 1.47. The first-order valence-electron chi connectivity index (χ1n) is 5.04. The van der Waals surface area contributed by atoms with Crippen molar-refractivity contribution >= 4 is 6.21 Å². The molecule has 0 rings (SSSR count). The molecule has 0 atom stereocenters. The normalized spacial score (nSPS) is 9.71. The zero-order valence-corrected chi connectivity index (χ0v) is 10.3. The van der Waals surface area contributed by atoms with E-state index in [0.717, 1.165) is 11.1 Å². The van der Waals surface area contributed by atoms with Gasteiger partial charge in [0.2, 0.25) is 0 Å². The van der Waals surface area contributed by atoms with Crippen LogP contribution in [-0.2, 0) is 0 Å². The molecular formula is C16H17N. The van der Waals surface area contributed by atoms with Crippen molar-refractivity contribution in [3.05, 3.63) is 73.5 Å². The van der Waals surface area contributed by atoms with Gasteiger partial charge in [0.15, 0.2) is 0 Å². The number of hydrogen-bond acceptors (Lipinski definition) is 1. The zero-order valence-electron chi connectivity index (χ0n) is 10.3. The fourth-order valence-electron chi connectivity index (χ4n) is 0.721. The quantitative estimate of drug-likeness (QED) is 0.379. The molecule has 0 saturated carbocycles. The number of allylic oxidation sites excluding steroid dienone is 6. The Labute approximate surface area is 104 Å². The van der Waals surface area contributed by atoms with Crippen molar-refractivity contribution in [1.29, 1.82) is 0 Å².